The lowest BCUT2D eigenvalue weighted by atomic mass is 10.1. The van der Waals surface area contributed by atoms with Crippen LogP contribution in [0.4, 0.5) is 5.69 Å². The molecule has 0 saturated carbocycles. The summed E-state index contributed by atoms with van der Waals surface area (Å²) in [5, 5.41) is 0.745. The Morgan fingerprint density at radius 3 is 2.67 bits per heavy atom. The second-order valence-electron chi connectivity index (χ2n) is 6.14. The molecule has 0 unspecified atom stereocenters. The van der Waals surface area contributed by atoms with E-state index < -0.39 is 0 Å². The maximum atomic E-state index is 13.2. The first-order chi connectivity index (χ1) is 13.1. The van der Waals surface area contributed by atoms with Gasteiger partial charge in [-0.25, -0.2) is 0 Å². The van der Waals surface area contributed by atoms with E-state index in [9.17, 15) is 4.79 Å². The molecule has 0 aliphatic carbocycles. The van der Waals surface area contributed by atoms with Gasteiger partial charge in [0.2, 0.25) is 0 Å². The number of hydrogen-bond donors (Lipinski definition) is 0. The monoisotopic (exact) mass is 415 g/mol. The highest BCUT2D eigenvalue weighted by atomic mass is 35.5. The normalized spacial score (nSPS) is 12.3. The summed E-state index contributed by atoms with van der Waals surface area (Å²) < 4.78 is 5.21. The maximum absolute atomic E-state index is 13.2. The zero-order valence-corrected chi connectivity index (χ0v) is 17.4. The number of hydrogen-bond acceptors (Lipinski definition) is 4. The SMILES string of the molecule is CCN(C(=O)c1cc2c(s1)-c1ccc(Cl)cc1SC2)c1ccc(OC)cc1. The third-order valence-electron chi connectivity index (χ3n) is 4.54. The van der Waals surface area contributed by atoms with Crippen molar-refractivity contribution in [3.05, 3.63) is 64.0 Å². The van der Waals surface area contributed by atoms with Crippen molar-refractivity contribution in [1.29, 1.82) is 0 Å². The van der Waals surface area contributed by atoms with E-state index >= 15 is 0 Å². The Labute approximate surface area is 171 Å². The topological polar surface area (TPSA) is 29.5 Å². The van der Waals surface area contributed by atoms with Crippen LogP contribution in [0.1, 0.15) is 22.2 Å². The molecule has 138 valence electrons. The molecule has 0 radical (unpaired) electrons. The number of fused-ring (bicyclic) bond motifs is 3. The Hall–Kier alpha value is -1.95. The van der Waals surface area contributed by atoms with Gasteiger partial charge in [0.25, 0.3) is 5.91 Å². The highest BCUT2D eigenvalue weighted by Gasteiger charge is 2.25. The van der Waals surface area contributed by atoms with Crippen LogP contribution < -0.4 is 9.64 Å². The average Bonchev–Trinajstić information content (AvgIpc) is 3.13. The summed E-state index contributed by atoms with van der Waals surface area (Å²) in [6, 6.07) is 15.6. The third-order valence-corrected chi connectivity index (χ3v) is 7.07. The minimum absolute atomic E-state index is 0.0302. The smallest absolute Gasteiger partial charge is 0.268 e. The van der Waals surface area contributed by atoms with E-state index in [2.05, 4.69) is 6.07 Å². The molecule has 6 heteroatoms. The molecule has 2 heterocycles. The summed E-state index contributed by atoms with van der Waals surface area (Å²) in [4.78, 5) is 18.1. The molecule has 3 nitrogen and oxygen atoms in total. The zero-order valence-electron chi connectivity index (χ0n) is 15.0. The first kappa shape index (κ1) is 18.4. The van der Waals surface area contributed by atoms with Crippen LogP contribution in [-0.2, 0) is 5.75 Å². The van der Waals surface area contributed by atoms with Gasteiger partial charge in [0.05, 0.1) is 12.0 Å². The van der Waals surface area contributed by atoms with E-state index in [4.69, 9.17) is 16.3 Å². The minimum atomic E-state index is 0.0302. The number of carbonyl (C=O) groups is 1. The quantitative estimate of drug-likeness (QED) is 0.497. The number of thiophene rings is 1. The van der Waals surface area contributed by atoms with Crippen molar-refractivity contribution in [2.24, 2.45) is 0 Å². The van der Waals surface area contributed by atoms with Gasteiger partial charge in [0, 0.05) is 38.3 Å². The first-order valence-electron chi connectivity index (χ1n) is 8.62. The van der Waals surface area contributed by atoms with Gasteiger partial charge in [-0.15, -0.1) is 23.1 Å². The van der Waals surface area contributed by atoms with E-state index in [-0.39, 0.29) is 5.91 Å². The highest BCUT2D eigenvalue weighted by Crippen LogP contribution is 2.46. The van der Waals surface area contributed by atoms with Crippen LogP contribution in [0.3, 0.4) is 0 Å². The van der Waals surface area contributed by atoms with Crippen LogP contribution in [0.15, 0.2) is 53.4 Å². The second-order valence-corrected chi connectivity index (χ2v) is 8.65. The van der Waals surface area contributed by atoms with E-state index in [1.807, 2.05) is 49.4 Å². The maximum Gasteiger partial charge on any atom is 0.268 e. The molecule has 1 aliphatic heterocycles. The van der Waals surface area contributed by atoms with Crippen molar-refractivity contribution in [3.8, 4) is 16.2 Å². The zero-order chi connectivity index (χ0) is 19.0. The number of ether oxygens (including phenoxy) is 1. The first-order valence-corrected chi connectivity index (χ1v) is 10.8. The van der Waals surface area contributed by atoms with E-state index in [1.165, 1.54) is 20.9 Å². The number of rotatable bonds is 4. The average molecular weight is 416 g/mol. The third kappa shape index (κ3) is 3.47. The van der Waals surface area contributed by atoms with Gasteiger partial charge in [-0.2, -0.15) is 0 Å². The Morgan fingerprint density at radius 2 is 1.96 bits per heavy atom. The molecule has 0 saturated heterocycles. The Morgan fingerprint density at radius 1 is 1.19 bits per heavy atom. The fraction of sp³-hybridized carbons (Fsp3) is 0.190. The molecular weight excluding hydrogens is 398 g/mol. The predicted molar refractivity (Wildman–Crippen MR) is 115 cm³/mol. The number of amides is 1. The summed E-state index contributed by atoms with van der Waals surface area (Å²) in [5.74, 6) is 1.67. The van der Waals surface area contributed by atoms with Crippen molar-refractivity contribution >= 4 is 46.3 Å². The van der Waals surface area contributed by atoms with Gasteiger partial charge < -0.3 is 9.64 Å². The second kappa shape index (κ2) is 7.58. The lowest BCUT2D eigenvalue weighted by molar-refractivity contribution is 0.0992. The van der Waals surface area contributed by atoms with Crippen molar-refractivity contribution in [2.75, 3.05) is 18.6 Å². The van der Waals surface area contributed by atoms with Crippen molar-refractivity contribution in [2.45, 2.75) is 17.6 Å². The van der Waals surface area contributed by atoms with Crippen LogP contribution in [0.5, 0.6) is 5.75 Å². The van der Waals surface area contributed by atoms with Gasteiger partial charge >= 0.3 is 0 Å². The van der Waals surface area contributed by atoms with Gasteiger partial charge in [-0.1, -0.05) is 17.7 Å². The molecule has 0 atom stereocenters. The lowest BCUT2D eigenvalue weighted by Crippen LogP contribution is -2.29. The number of carbonyl (C=O) groups excluding carboxylic acids is 1. The number of benzene rings is 2. The van der Waals surface area contributed by atoms with Gasteiger partial charge in [-0.05, 0) is 55.0 Å². The molecule has 1 aromatic heterocycles. The van der Waals surface area contributed by atoms with Crippen molar-refractivity contribution in [3.63, 3.8) is 0 Å². The Kier molecular flexibility index (Phi) is 5.17. The largest absolute Gasteiger partial charge is 0.497 e. The number of anilines is 1. The van der Waals surface area contributed by atoms with Crippen molar-refractivity contribution in [1.82, 2.24) is 0 Å². The fourth-order valence-corrected chi connectivity index (χ4v) is 5.80. The van der Waals surface area contributed by atoms with E-state index in [0.29, 0.717) is 6.54 Å². The van der Waals surface area contributed by atoms with Crippen molar-refractivity contribution < 1.29 is 9.53 Å². The summed E-state index contributed by atoms with van der Waals surface area (Å²) in [5.41, 5.74) is 3.26. The Bertz CT molecular complexity index is 998. The number of methoxy groups -OCH3 is 1. The molecule has 27 heavy (non-hydrogen) atoms. The number of thioether (sulfide) groups is 1. The fourth-order valence-electron chi connectivity index (χ4n) is 3.17. The van der Waals surface area contributed by atoms with Crippen LogP contribution in [0.2, 0.25) is 5.02 Å². The van der Waals surface area contributed by atoms with Gasteiger partial charge in [0.15, 0.2) is 0 Å². The minimum Gasteiger partial charge on any atom is -0.497 e. The summed E-state index contributed by atoms with van der Waals surface area (Å²) >= 11 is 9.46. The standard InChI is InChI=1S/C21H18ClNO2S2/c1-3-23(15-5-7-16(25-2)8-6-15)21(24)19-10-13-12-26-18-11-14(22)4-9-17(18)20(13)27-19/h4-11H,3,12H2,1-2H3. The molecule has 0 N–H and O–H groups in total. The van der Waals surface area contributed by atoms with Crippen LogP contribution in [-0.4, -0.2) is 19.6 Å². The lowest BCUT2D eigenvalue weighted by Gasteiger charge is -2.20. The molecule has 1 aliphatic rings. The molecule has 4 rings (SSSR count). The van der Waals surface area contributed by atoms with E-state index in [0.717, 1.165) is 27.1 Å². The van der Waals surface area contributed by atoms with Crippen LogP contribution in [0.25, 0.3) is 10.4 Å². The summed E-state index contributed by atoms with van der Waals surface area (Å²) in [7, 11) is 1.64. The molecule has 0 fully saturated rings. The Balaban J connectivity index is 1.67. The summed E-state index contributed by atoms with van der Waals surface area (Å²) in [6.07, 6.45) is 0. The number of nitrogens with zero attached hydrogens (tertiary/aromatic N) is 1. The molecule has 2 aromatic carbocycles. The molecular formula is C21H18ClNO2S2. The van der Waals surface area contributed by atoms with Crippen LogP contribution in [0, 0.1) is 0 Å². The molecule has 0 spiro atoms. The van der Waals surface area contributed by atoms with Gasteiger partial charge in [-0.3, -0.25) is 4.79 Å². The molecule has 3 aromatic rings. The predicted octanol–water partition coefficient (Wildman–Crippen LogP) is 6.35. The highest BCUT2D eigenvalue weighted by molar-refractivity contribution is 7.98. The molecule has 1 amide bonds. The summed E-state index contributed by atoms with van der Waals surface area (Å²) in [6.45, 7) is 2.59. The number of halogens is 1. The van der Waals surface area contributed by atoms with Crippen LogP contribution >= 0.6 is 34.7 Å². The van der Waals surface area contributed by atoms with Gasteiger partial charge in [0.1, 0.15) is 5.75 Å². The molecule has 0 bridgehead atoms. The van der Waals surface area contributed by atoms with E-state index in [1.54, 1.807) is 35.1 Å².